The van der Waals surface area contributed by atoms with E-state index >= 15 is 0 Å². The summed E-state index contributed by atoms with van der Waals surface area (Å²) in [6.07, 6.45) is 0. The van der Waals surface area contributed by atoms with Gasteiger partial charge in [0.15, 0.2) is 17.4 Å². The van der Waals surface area contributed by atoms with E-state index in [1.807, 2.05) is 31.2 Å². The molecular weight excluding hydrogens is 354 g/mol. The predicted molar refractivity (Wildman–Crippen MR) is 110 cm³/mol. The van der Waals surface area contributed by atoms with E-state index in [0.717, 1.165) is 27.6 Å². The molecule has 0 bridgehead atoms. The lowest BCUT2D eigenvalue weighted by Gasteiger charge is -2.34. The van der Waals surface area contributed by atoms with Crippen LogP contribution in [0.3, 0.4) is 0 Å². The second-order valence-corrected chi connectivity index (χ2v) is 6.88. The molecule has 0 spiro atoms. The number of nitrogens with zero attached hydrogens (tertiary/aromatic N) is 1. The fraction of sp³-hybridized carbons (Fsp3) is 0.261. The molecule has 1 aliphatic rings. The zero-order chi connectivity index (χ0) is 19.9. The van der Waals surface area contributed by atoms with Gasteiger partial charge in [0, 0.05) is 17.9 Å². The molecule has 3 aromatic carbocycles. The largest absolute Gasteiger partial charge is 0.493 e. The smallest absolute Gasteiger partial charge is 0.203 e. The Hall–Kier alpha value is -3.21. The zero-order valence-corrected chi connectivity index (χ0v) is 16.7. The lowest BCUT2D eigenvalue weighted by Crippen LogP contribution is -2.29. The van der Waals surface area contributed by atoms with Crippen LogP contribution in [-0.2, 0) is 5.54 Å². The number of benzene rings is 3. The molecule has 1 atom stereocenters. The summed E-state index contributed by atoms with van der Waals surface area (Å²) in [6.45, 7) is 3.95. The molecule has 0 fully saturated rings. The Morgan fingerprint density at radius 1 is 0.893 bits per heavy atom. The first-order chi connectivity index (χ1) is 13.5. The molecule has 1 heterocycles. The number of rotatable bonds is 4. The van der Waals surface area contributed by atoms with Crippen LogP contribution in [0.25, 0.3) is 10.8 Å². The van der Waals surface area contributed by atoms with Gasteiger partial charge in [0.25, 0.3) is 0 Å². The standard InChI is InChI=1S/C23H23NO4/c1-14-24-23(2,16-12-19(25-3)22(27-5)20(13-16)26-4)18-11-10-15-8-6-7-9-17(15)21(18)28-14/h6-13H,1-5H3. The second-order valence-electron chi connectivity index (χ2n) is 6.88. The molecule has 0 saturated heterocycles. The maximum absolute atomic E-state index is 6.08. The molecular formula is C23H23NO4. The van der Waals surface area contributed by atoms with Gasteiger partial charge in [-0.05, 0) is 30.0 Å². The third-order valence-electron chi connectivity index (χ3n) is 5.26. The van der Waals surface area contributed by atoms with Crippen molar-refractivity contribution in [3.8, 4) is 23.0 Å². The zero-order valence-electron chi connectivity index (χ0n) is 16.7. The Morgan fingerprint density at radius 2 is 1.57 bits per heavy atom. The van der Waals surface area contributed by atoms with Crippen LogP contribution in [-0.4, -0.2) is 27.2 Å². The average molecular weight is 377 g/mol. The minimum Gasteiger partial charge on any atom is -0.493 e. The predicted octanol–water partition coefficient (Wildman–Crippen LogP) is 4.94. The summed E-state index contributed by atoms with van der Waals surface area (Å²) in [4.78, 5) is 4.88. The summed E-state index contributed by atoms with van der Waals surface area (Å²) in [6, 6.07) is 16.3. The van der Waals surface area contributed by atoms with Crippen molar-refractivity contribution in [2.45, 2.75) is 19.4 Å². The Bertz CT molecular complexity index is 1060. The van der Waals surface area contributed by atoms with Gasteiger partial charge in [0.05, 0.1) is 21.3 Å². The lowest BCUT2D eigenvalue weighted by molar-refractivity contribution is 0.322. The highest BCUT2D eigenvalue weighted by Gasteiger charge is 2.37. The first kappa shape index (κ1) is 18.2. The molecule has 144 valence electrons. The van der Waals surface area contributed by atoms with Crippen molar-refractivity contribution >= 4 is 16.7 Å². The van der Waals surface area contributed by atoms with Gasteiger partial charge in [-0.15, -0.1) is 0 Å². The van der Waals surface area contributed by atoms with Crippen LogP contribution in [0.2, 0.25) is 0 Å². The number of hydrogen-bond acceptors (Lipinski definition) is 5. The van der Waals surface area contributed by atoms with Crippen molar-refractivity contribution in [3.63, 3.8) is 0 Å². The fourth-order valence-corrected chi connectivity index (χ4v) is 3.86. The first-order valence-corrected chi connectivity index (χ1v) is 9.09. The van der Waals surface area contributed by atoms with E-state index in [4.69, 9.17) is 23.9 Å². The molecule has 5 nitrogen and oxygen atoms in total. The Balaban J connectivity index is 2.00. The number of aliphatic imine (C=N–C) groups is 1. The molecule has 28 heavy (non-hydrogen) atoms. The highest BCUT2D eigenvalue weighted by atomic mass is 16.5. The van der Waals surface area contributed by atoms with E-state index < -0.39 is 5.54 Å². The average Bonchev–Trinajstić information content (AvgIpc) is 2.72. The van der Waals surface area contributed by atoms with E-state index in [9.17, 15) is 0 Å². The fourth-order valence-electron chi connectivity index (χ4n) is 3.86. The summed E-state index contributed by atoms with van der Waals surface area (Å²) in [5.41, 5.74) is 1.27. The molecule has 0 aliphatic carbocycles. The van der Waals surface area contributed by atoms with E-state index in [1.165, 1.54) is 0 Å². The maximum atomic E-state index is 6.08. The normalized spacial score (nSPS) is 18.1. The van der Waals surface area contributed by atoms with Gasteiger partial charge < -0.3 is 18.9 Å². The minimum absolute atomic E-state index is 0.559. The topological polar surface area (TPSA) is 49.3 Å². The molecule has 0 aromatic heterocycles. The van der Waals surface area contributed by atoms with Crippen LogP contribution >= 0.6 is 0 Å². The van der Waals surface area contributed by atoms with Gasteiger partial charge in [-0.1, -0.05) is 36.4 Å². The molecule has 0 amide bonds. The van der Waals surface area contributed by atoms with Crippen molar-refractivity contribution in [3.05, 3.63) is 59.7 Å². The molecule has 0 radical (unpaired) electrons. The van der Waals surface area contributed by atoms with Crippen LogP contribution in [0.5, 0.6) is 23.0 Å². The van der Waals surface area contributed by atoms with Gasteiger partial charge in [-0.25, -0.2) is 4.99 Å². The molecule has 5 heteroatoms. The third-order valence-corrected chi connectivity index (χ3v) is 5.26. The van der Waals surface area contributed by atoms with Crippen LogP contribution in [0, 0.1) is 0 Å². The van der Waals surface area contributed by atoms with Gasteiger partial charge in [0.2, 0.25) is 5.75 Å². The molecule has 1 aliphatic heterocycles. The Morgan fingerprint density at radius 3 is 2.21 bits per heavy atom. The van der Waals surface area contributed by atoms with Crippen LogP contribution in [0.15, 0.2) is 53.5 Å². The Kier molecular flexibility index (Phi) is 4.38. The summed E-state index contributed by atoms with van der Waals surface area (Å²) < 4.78 is 22.7. The summed E-state index contributed by atoms with van der Waals surface area (Å²) in [7, 11) is 4.83. The number of fused-ring (bicyclic) bond motifs is 3. The van der Waals surface area contributed by atoms with Crippen molar-refractivity contribution in [2.24, 2.45) is 4.99 Å². The SMILES string of the molecule is COc1cc(C2(C)N=C(C)Oc3c2ccc2ccccc32)cc(OC)c1OC. The summed E-state index contributed by atoms with van der Waals surface area (Å²) >= 11 is 0. The minimum atomic E-state index is -0.658. The van der Waals surface area contributed by atoms with Crippen molar-refractivity contribution in [1.82, 2.24) is 0 Å². The van der Waals surface area contributed by atoms with Gasteiger partial charge in [-0.2, -0.15) is 0 Å². The van der Waals surface area contributed by atoms with E-state index in [1.54, 1.807) is 21.3 Å². The molecule has 4 rings (SSSR count). The molecule has 1 unspecified atom stereocenters. The first-order valence-electron chi connectivity index (χ1n) is 9.09. The number of hydrogen-bond donors (Lipinski definition) is 0. The van der Waals surface area contributed by atoms with Crippen molar-refractivity contribution in [2.75, 3.05) is 21.3 Å². The highest BCUT2D eigenvalue weighted by Crippen LogP contribution is 2.48. The number of ether oxygens (including phenoxy) is 4. The number of methoxy groups -OCH3 is 3. The summed E-state index contributed by atoms with van der Waals surface area (Å²) in [5.74, 6) is 3.20. The lowest BCUT2D eigenvalue weighted by atomic mass is 9.82. The van der Waals surface area contributed by atoms with E-state index in [2.05, 4.69) is 31.2 Å². The second kappa shape index (κ2) is 6.75. The molecule has 3 aromatic rings. The van der Waals surface area contributed by atoms with Crippen molar-refractivity contribution < 1.29 is 18.9 Å². The van der Waals surface area contributed by atoms with Crippen LogP contribution < -0.4 is 18.9 Å². The van der Waals surface area contributed by atoms with Crippen molar-refractivity contribution in [1.29, 1.82) is 0 Å². The Labute approximate surface area is 164 Å². The van der Waals surface area contributed by atoms with E-state index in [0.29, 0.717) is 23.1 Å². The van der Waals surface area contributed by atoms with Crippen LogP contribution in [0.4, 0.5) is 0 Å². The monoisotopic (exact) mass is 377 g/mol. The van der Waals surface area contributed by atoms with Gasteiger partial charge in [-0.3, -0.25) is 0 Å². The molecule has 0 saturated carbocycles. The van der Waals surface area contributed by atoms with Gasteiger partial charge >= 0.3 is 0 Å². The third kappa shape index (κ3) is 2.66. The maximum Gasteiger partial charge on any atom is 0.203 e. The quantitative estimate of drug-likeness (QED) is 0.646. The van der Waals surface area contributed by atoms with E-state index in [-0.39, 0.29) is 0 Å². The van der Waals surface area contributed by atoms with Crippen LogP contribution in [0.1, 0.15) is 25.0 Å². The highest BCUT2D eigenvalue weighted by molar-refractivity contribution is 5.94. The summed E-state index contributed by atoms with van der Waals surface area (Å²) in [5, 5.41) is 2.19. The molecule has 0 N–H and O–H groups in total. The van der Waals surface area contributed by atoms with Gasteiger partial charge in [0.1, 0.15) is 11.3 Å².